The lowest BCUT2D eigenvalue weighted by atomic mass is 9.87. The van der Waals surface area contributed by atoms with Crippen LogP contribution in [-0.4, -0.2) is 37.0 Å². The van der Waals surface area contributed by atoms with Crippen molar-refractivity contribution in [2.24, 2.45) is 0 Å². The van der Waals surface area contributed by atoms with Gasteiger partial charge in [0.15, 0.2) is 0 Å². The van der Waals surface area contributed by atoms with Gasteiger partial charge in [0.2, 0.25) is 11.8 Å². The van der Waals surface area contributed by atoms with Gasteiger partial charge in [0, 0.05) is 17.8 Å². The summed E-state index contributed by atoms with van der Waals surface area (Å²) in [6, 6.07) is 5.02. The third kappa shape index (κ3) is 3.82. The second-order valence-electron chi connectivity index (χ2n) is 6.33. The Morgan fingerprint density at radius 2 is 2.08 bits per heavy atom. The Balaban J connectivity index is 1.58. The quantitative estimate of drug-likeness (QED) is 0.776. The van der Waals surface area contributed by atoms with Crippen LogP contribution in [0.15, 0.2) is 18.2 Å². The number of rotatable bonds is 4. The Morgan fingerprint density at radius 1 is 1.33 bits per heavy atom. The fourth-order valence-corrected chi connectivity index (χ4v) is 3.67. The number of fused-ring (bicyclic) bond motifs is 1. The van der Waals surface area contributed by atoms with Crippen LogP contribution in [0.1, 0.15) is 32.1 Å². The van der Waals surface area contributed by atoms with E-state index in [0.717, 1.165) is 25.7 Å². The topological polar surface area (TPSA) is 79.5 Å². The second kappa shape index (κ2) is 7.40. The summed E-state index contributed by atoms with van der Waals surface area (Å²) in [6.45, 7) is 0. The van der Waals surface area contributed by atoms with Crippen LogP contribution in [0, 0.1) is 0 Å². The summed E-state index contributed by atoms with van der Waals surface area (Å²) < 4.78 is 5.08. The number of hydrogen-bond acceptors (Lipinski definition) is 4. The van der Waals surface area contributed by atoms with E-state index >= 15 is 0 Å². The van der Waals surface area contributed by atoms with Crippen molar-refractivity contribution in [3.8, 4) is 5.75 Å². The van der Waals surface area contributed by atoms with Crippen molar-refractivity contribution in [1.82, 2.24) is 10.6 Å². The highest BCUT2D eigenvalue weighted by Crippen LogP contribution is 2.27. The Morgan fingerprint density at radius 3 is 2.79 bits per heavy atom. The minimum Gasteiger partial charge on any atom is -0.495 e. The van der Waals surface area contributed by atoms with E-state index in [1.165, 1.54) is 7.11 Å². The molecule has 6 nitrogen and oxygen atoms in total. The molecule has 24 heavy (non-hydrogen) atoms. The van der Waals surface area contributed by atoms with E-state index in [2.05, 4.69) is 16.0 Å². The Labute approximate surface area is 146 Å². The van der Waals surface area contributed by atoms with Crippen LogP contribution in [-0.2, 0) is 9.59 Å². The van der Waals surface area contributed by atoms with Crippen LogP contribution in [0.2, 0.25) is 5.02 Å². The first-order chi connectivity index (χ1) is 11.6. The van der Waals surface area contributed by atoms with Crippen molar-refractivity contribution < 1.29 is 14.3 Å². The summed E-state index contributed by atoms with van der Waals surface area (Å²) in [4.78, 5) is 24.4. The third-order valence-corrected chi connectivity index (χ3v) is 4.95. The highest BCUT2D eigenvalue weighted by atomic mass is 35.5. The first-order valence-corrected chi connectivity index (χ1v) is 8.64. The maximum atomic E-state index is 12.2. The molecule has 0 bridgehead atoms. The number of carbonyl (C=O) groups is 2. The van der Waals surface area contributed by atoms with Crippen LogP contribution in [0.5, 0.6) is 5.75 Å². The molecule has 1 aromatic carbocycles. The van der Waals surface area contributed by atoms with E-state index in [4.69, 9.17) is 16.3 Å². The first-order valence-electron chi connectivity index (χ1n) is 8.26. The fraction of sp³-hybridized carbons (Fsp3) is 0.529. The monoisotopic (exact) mass is 351 g/mol. The van der Waals surface area contributed by atoms with Gasteiger partial charge in [0.05, 0.1) is 24.6 Å². The van der Waals surface area contributed by atoms with Crippen LogP contribution in [0.4, 0.5) is 5.69 Å². The van der Waals surface area contributed by atoms with Gasteiger partial charge >= 0.3 is 0 Å². The molecule has 2 amide bonds. The van der Waals surface area contributed by atoms with Crippen molar-refractivity contribution >= 4 is 29.1 Å². The molecule has 1 aliphatic carbocycles. The molecular formula is C17H22ClN3O3. The van der Waals surface area contributed by atoms with E-state index in [1.54, 1.807) is 18.2 Å². The van der Waals surface area contributed by atoms with E-state index in [-0.39, 0.29) is 30.3 Å². The summed E-state index contributed by atoms with van der Waals surface area (Å²) in [5, 5.41) is 9.58. The number of amides is 2. The van der Waals surface area contributed by atoms with Gasteiger partial charge in [-0.3, -0.25) is 9.59 Å². The van der Waals surface area contributed by atoms with Crippen LogP contribution in [0.3, 0.4) is 0 Å². The lowest BCUT2D eigenvalue weighted by Crippen LogP contribution is -2.65. The highest BCUT2D eigenvalue weighted by Gasteiger charge is 2.36. The molecule has 2 fully saturated rings. The van der Waals surface area contributed by atoms with E-state index < -0.39 is 6.04 Å². The number of piperazine rings is 1. The van der Waals surface area contributed by atoms with Gasteiger partial charge in [-0.1, -0.05) is 24.4 Å². The molecule has 1 saturated heterocycles. The molecule has 3 atom stereocenters. The normalized spacial score (nSPS) is 26.2. The molecule has 3 N–H and O–H groups in total. The van der Waals surface area contributed by atoms with Gasteiger partial charge in [-0.2, -0.15) is 0 Å². The predicted molar refractivity (Wildman–Crippen MR) is 92.4 cm³/mol. The Hall–Kier alpha value is -1.79. The lowest BCUT2D eigenvalue weighted by Gasteiger charge is -2.40. The molecule has 0 aromatic heterocycles. The molecule has 130 valence electrons. The largest absolute Gasteiger partial charge is 0.495 e. The molecule has 7 heteroatoms. The SMILES string of the molecule is COc1ccc(NC(=O)C[C@@H]2N[C@@H]3CCCC[C@@H]3NC2=O)cc1Cl. The van der Waals surface area contributed by atoms with Crippen molar-refractivity contribution in [3.05, 3.63) is 23.2 Å². The lowest BCUT2D eigenvalue weighted by molar-refractivity contribution is -0.129. The van der Waals surface area contributed by atoms with Gasteiger partial charge in [-0.05, 0) is 31.0 Å². The minimum atomic E-state index is -0.488. The number of nitrogens with one attached hydrogen (secondary N) is 3. The molecule has 1 saturated carbocycles. The zero-order valence-electron chi connectivity index (χ0n) is 13.6. The molecule has 1 aromatic rings. The fourth-order valence-electron chi connectivity index (χ4n) is 3.41. The van der Waals surface area contributed by atoms with Crippen molar-refractivity contribution in [2.75, 3.05) is 12.4 Å². The number of ether oxygens (including phenoxy) is 1. The molecule has 0 spiro atoms. The Kier molecular flexibility index (Phi) is 5.26. The smallest absolute Gasteiger partial charge is 0.237 e. The van der Waals surface area contributed by atoms with Gasteiger partial charge in [0.1, 0.15) is 5.75 Å². The van der Waals surface area contributed by atoms with Crippen LogP contribution >= 0.6 is 11.6 Å². The van der Waals surface area contributed by atoms with Gasteiger partial charge in [0.25, 0.3) is 0 Å². The molecule has 2 aliphatic rings. The molecule has 0 radical (unpaired) electrons. The molecule has 3 rings (SSSR count). The van der Waals surface area contributed by atoms with Gasteiger partial charge < -0.3 is 20.7 Å². The second-order valence-corrected chi connectivity index (χ2v) is 6.73. The zero-order valence-corrected chi connectivity index (χ0v) is 14.4. The molecule has 0 unspecified atom stereocenters. The molecular weight excluding hydrogens is 330 g/mol. The van der Waals surface area contributed by atoms with Crippen LogP contribution in [0.25, 0.3) is 0 Å². The average Bonchev–Trinajstić information content (AvgIpc) is 2.55. The van der Waals surface area contributed by atoms with Gasteiger partial charge in [-0.15, -0.1) is 0 Å². The standard InChI is InChI=1S/C17H22ClN3O3/c1-24-15-7-6-10(8-11(15)18)19-16(22)9-14-17(23)21-13-5-3-2-4-12(13)20-14/h6-8,12-14,20H,2-5,9H2,1H3,(H,19,22)(H,21,23)/t12-,13+,14+/m1/s1. The zero-order chi connectivity index (χ0) is 17.1. The Bertz CT molecular complexity index is 638. The summed E-state index contributed by atoms with van der Waals surface area (Å²) in [5.41, 5.74) is 0.581. The number of carbonyl (C=O) groups excluding carboxylic acids is 2. The average molecular weight is 352 g/mol. The molecule has 1 aliphatic heterocycles. The number of anilines is 1. The minimum absolute atomic E-state index is 0.0959. The highest BCUT2D eigenvalue weighted by molar-refractivity contribution is 6.32. The molecule has 1 heterocycles. The number of methoxy groups -OCH3 is 1. The third-order valence-electron chi connectivity index (χ3n) is 4.65. The summed E-state index contributed by atoms with van der Waals surface area (Å²) >= 11 is 6.05. The maximum absolute atomic E-state index is 12.2. The number of hydrogen-bond donors (Lipinski definition) is 3. The number of benzene rings is 1. The van der Waals surface area contributed by atoms with Crippen LogP contribution < -0.4 is 20.7 Å². The summed E-state index contributed by atoms with van der Waals surface area (Å²) in [7, 11) is 1.53. The summed E-state index contributed by atoms with van der Waals surface area (Å²) in [5.74, 6) is 0.227. The van der Waals surface area contributed by atoms with E-state index in [9.17, 15) is 9.59 Å². The summed E-state index contributed by atoms with van der Waals surface area (Å²) in [6.07, 6.45) is 4.45. The number of halogens is 1. The van der Waals surface area contributed by atoms with E-state index in [0.29, 0.717) is 16.5 Å². The van der Waals surface area contributed by atoms with E-state index in [1.807, 2.05) is 0 Å². The van der Waals surface area contributed by atoms with Gasteiger partial charge in [-0.25, -0.2) is 0 Å². The predicted octanol–water partition coefficient (Wildman–Crippen LogP) is 2.08. The van der Waals surface area contributed by atoms with Crippen molar-refractivity contribution in [1.29, 1.82) is 0 Å². The van der Waals surface area contributed by atoms with Crippen molar-refractivity contribution in [2.45, 2.75) is 50.2 Å². The van der Waals surface area contributed by atoms with Crippen molar-refractivity contribution in [3.63, 3.8) is 0 Å². The first kappa shape index (κ1) is 17.0. The maximum Gasteiger partial charge on any atom is 0.237 e.